The summed E-state index contributed by atoms with van der Waals surface area (Å²) in [6.45, 7) is 4.74. The molecule has 132 valence electrons. The van der Waals surface area contributed by atoms with Crippen LogP contribution in [0.4, 0.5) is 11.5 Å². The lowest BCUT2D eigenvalue weighted by Gasteiger charge is -2.13. The van der Waals surface area contributed by atoms with Crippen LogP contribution in [0.25, 0.3) is 10.9 Å². The molecule has 0 spiro atoms. The lowest BCUT2D eigenvalue weighted by molar-refractivity contribution is 0.218. The molecule has 2 aromatic heterocycles. The molecule has 1 aromatic carbocycles. The summed E-state index contributed by atoms with van der Waals surface area (Å²) >= 11 is 1.71. The van der Waals surface area contributed by atoms with Gasteiger partial charge in [-0.2, -0.15) is 5.10 Å². The fraction of sp³-hybridized carbons (Fsp3) is 0.333. The summed E-state index contributed by atoms with van der Waals surface area (Å²) in [5, 5.41) is 11.8. The predicted octanol–water partition coefficient (Wildman–Crippen LogP) is 4.07. The van der Waals surface area contributed by atoms with Gasteiger partial charge in [-0.05, 0) is 26.0 Å². The summed E-state index contributed by atoms with van der Waals surface area (Å²) in [4.78, 5) is 5.54. The van der Waals surface area contributed by atoms with E-state index in [1.165, 1.54) is 0 Å². The van der Waals surface area contributed by atoms with E-state index in [2.05, 4.69) is 26.6 Å². The largest absolute Gasteiger partial charge is 0.496 e. The Morgan fingerprint density at radius 3 is 2.76 bits per heavy atom. The molecule has 2 N–H and O–H groups in total. The Hall–Kier alpha value is -2.25. The number of nitrogens with zero attached hydrogens (tertiary/aromatic N) is 2. The third kappa shape index (κ3) is 3.72. The molecular weight excluding hydrogens is 336 g/mol. The Kier molecular flexibility index (Phi) is 5.45. The molecule has 0 radical (unpaired) electrons. The topological polar surface area (TPSA) is 72.1 Å². The normalized spacial score (nSPS) is 11.0. The van der Waals surface area contributed by atoms with Gasteiger partial charge in [0.2, 0.25) is 0 Å². The van der Waals surface area contributed by atoms with Crippen molar-refractivity contribution in [2.24, 2.45) is 0 Å². The van der Waals surface area contributed by atoms with Crippen LogP contribution in [0.5, 0.6) is 5.75 Å². The van der Waals surface area contributed by atoms with Gasteiger partial charge in [0.05, 0.1) is 29.8 Å². The maximum Gasteiger partial charge on any atom is 0.155 e. The fourth-order valence-corrected chi connectivity index (χ4v) is 3.46. The average Bonchev–Trinajstić information content (AvgIpc) is 2.94. The summed E-state index contributed by atoms with van der Waals surface area (Å²) in [5.41, 5.74) is 4.00. The number of rotatable bonds is 7. The summed E-state index contributed by atoms with van der Waals surface area (Å²) in [5.74, 6) is 2.51. The number of fused-ring (bicyclic) bond motifs is 1. The molecule has 0 fully saturated rings. The number of ether oxygens (including phenoxy) is 2. The Morgan fingerprint density at radius 1 is 1.24 bits per heavy atom. The number of nitrogens with one attached hydrogen (secondary N) is 2. The highest BCUT2D eigenvalue weighted by Gasteiger charge is 2.12. The van der Waals surface area contributed by atoms with Crippen molar-refractivity contribution in [3.63, 3.8) is 0 Å². The van der Waals surface area contributed by atoms with Crippen LogP contribution >= 0.6 is 11.8 Å². The van der Waals surface area contributed by atoms with Crippen molar-refractivity contribution in [1.29, 1.82) is 0 Å². The van der Waals surface area contributed by atoms with Gasteiger partial charge in [-0.15, -0.1) is 11.8 Å². The smallest absolute Gasteiger partial charge is 0.155 e. The van der Waals surface area contributed by atoms with Crippen molar-refractivity contribution in [2.75, 3.05) is 31.9 Å². The molecule has 0 unspecified atom stereocenters. The molecular formula is C18H22N4O2S. The Bertz CT molecular complexity index is 879. The van der Waals surface area contributed by atoms with Crippen LogP contribution in [0.2, 0.25) is 0 Å². The lowest BCUT2D eigenvalue weighted by Crippen LogP contribution is -1.97. The molecule has 0 saturated heterocycles. The highest BCUT2D eigenvalue weighted by Crippen LogP contribution is 2.36. The second-order valence-corrected chi connectivity index (χ2v) is 6.80. The number of hydrogen-bond donors (Lipinski definition) is 2. The number of aryl methyl sites for hydroxylation is 1. The molecule has 0 aliphatic heterocycles. The van der Waals surface area contributed by atoms with E-state index >= 15 is 0 Å². The van der Waals surface area contributed by atoms with Crippen LogP contribution in [-0.4, -0.2) is 41.8 Å². The van der Waals surface area contributed by atoms with Crippen LogP contribution in [-0.2, 0) is 4.74 Å². The Morgan fingerprint density at radius 2 is 2.08 bits per heavy atom. The minimum Gasteiger partial charge on any atom is -0.496 e. The SMILES string of the molecule is COCCSc1cc2c(Nc3n[nH]c(C)c3C)ccnc2cc1OC. The first kappa shape index (κ1) is 17.6. The zero-order valence-corrected chi connectivity index (χ0v) is 15.7. The summed E-state index contributed by atoms with van der Waals surface area (Å²) in [6, 6.07) is 6.04. The molecule has 3 rings (SSSR count). The van der Waals surface area contributed by atoms with Gasteiger partial charge in [-0.25, -0.2) is 0 Å². The molecule has 0 saturated carbocycles. The monoisotopic (exact) mass is 358 g/mol. The van der Waals surface area contributed by atoms with E-state index in [0.29, 0.717) is 6.61 Å². The predicted molar refractivity (Wildman–Crippen MR) is 102 cm³/mol. The Balaban J connectivity index is 2.01. The first-order valence-electron chi connectivity index (χ1n) is 8.01. The van der Waals surface area contributed by atoms with Gasteiger partial charge >= 0.3 is 0 Å². The summed E-state index contributed by atoms with van der Waals surface area (Å²) in [7, 11) is 3.39. The van der Waals surface area contributed by atoms with Crippen LogP contribution in [0, 0.1) is 13.8 Å². The zero-order chi connectivity index (χ0) is 17.8. The number of thioether (sulfide) groups is 1. The van der Waals surface area contributed by atoms with Crippen LogP contribution in [0.1, 0.15) is 11.3 Å². The molecule has 0 amide bonds. The van der Waals surface area contributed by atoms with Crippen molar-refractivity contribution in [3.05, 3.63) is 35.7 Å². The molecule has 0 aliphatic rings. The van der Waals surface area contributed by atoms with Crippen molar-refractivity contribution in [2.45, 2.75) is 18.7 Å². The van der Waals surface area contributed by atoms with Crippen LogP contribution in [0.15, 0.2) is 29.3 Å². The van der Waals surface area contributed by atoms with Gasteiger partial charge in [-0.1, -0.05) is 0 Å². The molecule has 7 heteroatoms. The second kappa shape index (κ2) is 7.76. The van der Waals surface area contributed by atoms with E-state index in [-0.39, 0.29) is 0 Å². The molecule has 6 nitrogen and oxygen atoms in total. The van der Waals surface area contributed by atoms with Gasteiger partial charge in [0.1, 0.15) is 5.75 Å². The molecule has 0 aliphatic carbocycles. The number of methoxy groups -OCH3 is 2. The van der Waals surface area contributed by atoms with Gasteiger partial charge in [0.25, 0.3) is 0 Å². The lowest BCUT2D eigenvalue weighted by atomic mass is 10.1. The maximum absolute atomic E-state index is 5.53. The van der Waals surface area contributed by atoms with Crippen molar-refractivity contribution in [1.82, 2.24) is 15.2 Å². The number of hydrogen-bond acceptors (Lipinski definition) is 6. The quantitative estimate of drug-likeness (QED) is 0.490. The fourth-order valence-electron chi connectivity index (χ4n) is 2.50. The first-order chi connectivity index (χ1) is 12.1. The molecule has 0 atom stereocenters. The van der Waals surface area contributed by atoms with E-state index in [0.717, 1.165) is 50.1 Å². The van der Waals surface area contributed by atoms with Crippen molar-refractivity contribution >= 4 is 34.2 Å². The van der Waals surface area contributed by atoms with E-state index in [1.807, 2.05) is 26.0 Å². The zero-order valence-electron chi connectivity index (χ0n) is 14.8. The van der Waals surface area contributed by atoms with Gasteiger partial charge in [0, 0.05) is 41.8 Å². The second-order valence-electron chi connectivity index (χ2n) is 5.67. The van der Waals surface area contributed by atoms with Crippen LogP contribution < -0.4 is 10.1 Å². The molecule has 25 heavy (non-hydrogen) atoms. The third-order valence-electron chi connectivity index (χ3n) is 4.08. The Labute approximate surface area is 151 Å². The van der Waals surface area contributed by atoms with E-state index in [1.54, 1.807) is 32.2 Å². The van der Waals surface area contributed by atoms with Crippen molar-refractivity contribution < 1.29 is 9.47 Å². The third-order valence-corrected chi connectivity index (χ3v) is 5.08. The highest BCUT2D eigenvalue weighted by atomic mass is 32.2. The summed E-state index contributed by atoms with van der Waals surface area (Å²) in [6.07, 6.45) is 1.79. The van der Waals surface area contributed by atoms with E-state index in [9.17, 15) is 0 Å². The summed E-state index contributed by atoms with van der Waals surface area (Å²) < 4.78 is 10.7. The molecule has 0 bridgehead atoms. The first-order valence-corrected chi connectivity index (χ1v) is 8.99. The maximum atomic E-state index is 5.53. The van der Waals surface area contributed by atoms with Gasteiger partial charge in [-0.3, -0.25) is 10.1 Å². The van der Waals surface area contributed by atoms with Gasteiger partial charge in [0.15, 0.2) is 5.82 Å². The number of aromatic amines is 1. The van der Waals surface area contributed by atoms with E-state index < -0.39 is 0 Å². The number of anilines is 2. The number of aromatic nitrogens is 3. The highest BCUT2D eigenvalue weighted by molar-refractivity contribution is 7.99. The number of pyridine rings is 1. The van der Waals surface area contributed by atoms with Gasteiger partial charge < -0.3 is 14.8 Å². The minimum atomic E-state index is 0.690. The minimum absolute atomic E-state index is 0.690. The number of H-pyrrole nitrogens is 1. The standard InChI is InChI=1S/C18H22N4O2S/c1-11-12(2)21-22-18(11)20-14-5-6-19-15-10-16(24-4)17(9-13(14)15)25-8-7-23-3/h5-6,9-10H,7-8H2,1-4H3,(H2,19,20,21,22). The van der Waals surface area contributed by atoms with Crippen LogP contribution in [0.3, 0.4) is 0 Å². The van der Waals surface area contributed by atoms with Crippen molar-refractivity contribution in [3.8, 4) is 5.75 Å². The molecule has 3 aromatic rings. The molecule has 2 heterocycles. The van der Waals surface area contributed by atoms with E-state index in [4.69, 9.17) is 9.47 Å². The average molecular weight is 358 g/mol. The number of benzene rings is 1.